The number of hydrogen-bond acceptors (Lipinski definition) is 4. The van der Waals surface area contributed by atoms with Gasteiger partial charge in [-0.15, -0.1) is 0 Å². The molecule has 3 rings (SSSR count). The largest absolute Gasteiger partial charge is 0.506 e. The van der Waals surface area contributed by atoms with E-state index in [0.29, 0.717) is 16.8 Å². The molecule has 21 heavy (non-hydrogen) atoms. The van der Waals surface area contributed by atoms with Gasteiger partial charge in [-0.2, -0.15) is 0 Å². The summed E-state index contributed by atoms with van der Waals surface area (Å²) in [5, 5.41) is 12.4. The average Bonchev–Trinajstić information content (AvgIpc) is 2.62. The number of carbonyl (C=O) groups is 2. The molecular formula is C15H14ClNO4. The summed E-state index contributed by atoms with van der Waals surface area (Å²) in [5.74, 6) is -1.05. The van der Waals surface area contributed by atoms with Crippen LogP contribution in [0.5, 0.6) is 5.75 Å². The Hall–Kier alpha value is -2.01. The number of hydrogen-bond donors (Lipinski definition) is 2. The maximum atomic E-state index is 12.2. The molecule has 1 aromatic rings. The van der Waals surface area contributed by atoms with Crippen LogP contribution < -0.4 is 5.32 Å². The fourth-order valence-electron chi connectivity index (χ4n) is 2.80. The van der Waals surface area contributed by atoms with Crippen molar-refractivity contribution in [3.63, 3.8) is 0 Å². The van der Waals surface area contributed by atoms with Crippen molar-refractivity contribution in [2.45, 2.75) is 31.8 Å². The number of esters is 1. The molecule has 2 heterocycles. The number of benzene rings is 1. The second kappa shape index (κ2) is 4.49. The molecule has 0 unspecified atom stereocenters. The molecule has 2 N–H and O–H groups in total. The van der Waals surface area contributed by atoms with Gasteiger partial charge in [-0.25, -0.2) is 4.79 Å². The van der Waals surface area contributed by atoms with Gasteiger partial charge in [0, 0.05) is 12.3 Å². The van der Waals surface area contributed by atoms with Crippen molar-refractivity contribution in [2.24, 2.45) is 0 Å². The van der Waals surface area contributed by atoms with Gasteiger partial charge in [0.2, 0.25) is 5.91 Å². The maximum Gasteiger partial charge on any atom is 0.337 e. The van der Waals surface area contributed by atoms with Crippen molar-refractivity contribution in [3.8, 4) is 5.75 Å². The molecular weight excluding hydrogens is 294 g/mol. The van der Waals surface area contributed by atoms with Gasteiger partial charge in [0.1, 0.15) is 11.4 Å². The summed E-state index contributed by atoms with van der Waals surface area (Å²) in [4.78, 5) is 24.1. The third kappa shape index (κ3) is 2.17. The van der Waals surface area contributed by atoms with E-state index < -0.39 is 17.5 Å². The normalized spacial score (nSPS) is 23.7. The quantitative estimate of drug-likeness (QED) is 0.780. The van der Waals surface area contributed by atoms with Crippen LogP contribution in [-0.4, -0.2) is 22.6 Å². The van der Waals surface area contributed by atoms with E-state index in [0.717, 1.165) is 0 Å². The van der Waals surface area contributed by atoms with Crippen LogP contribution in [0.15, 0.2) is 29.5 Å². The molecule has 1 aromatic carbocycles. The van der Waals surface area contributed by atoms with Gasteiger partial charge in [0.05, 0.1) is 16.3 Å². The van der Waals surface area contributed by atoms with E-state index in [9.17, 15) is 14.7 Å². The monoisotopic (exact) mass is 307 g/mol. The molecule has 2 aliphatic heterocycles. The third-order valence-corrected chi connectivity index (χ3v) is 4.12. The lowest BCUT2D eigenvalue weighted by molar-refractivity contribution is -0.144. The van der Waals surface area contributed by atoms with Crippen LogP contribution in [0.3, 0.4) is 0 Å². The minimum Gasteiger partial charge on any atom is -0.506 e. The number of ether oxygens (including phenoxy) is 1. The van der Waals surface area contributed by atoms with Crippen LogP contribution in [-0.2, 0) is 14.3 Å². The lowest BCUT2D eigenvalue weighted by Crippen LogP contribution is -2.38. The van der Waals surface area contributed by atoms with Crippen molar-refractivity contribution in [1.29, 1.82) is 0 Å². The van der Waals surface area contributed by atoms with E-state index in [2.05, 4.69) is 5.32 Å². The number of phenols is 1. The number of phenolic OH excluding ortho intramolecular Hbond substituents is 1. The molecule has 0 fully saturated rings. The highest BCUT2D eigenvalue weighted by atomic mass is 35.5. The molecule has 5 nitrogen and oxygen atoms in total. The van der Waals surface area contributed by atoms with Crippen LogP contribution in [0.4, 0.5) is 0 Å². The molecule has 110 valence electrons. The average molecular weight is 308 g/mol. The molecule has 0 radical (unpaired) electrons. The maximum absolute atomic E-state index is 12.2. The summed E-state index contributed by atoms with van der Waals surface area (Å²) in [6.45, 7) is 3.47. The molecule has 6 heteroatoms. The van der Waals surface area contributed by atoms with Gasteiger partial charge < -0.3 is 15.2 Å². The number of aromatic hydroxyl groups is 1. The zero-order valence-electron chi connectivity index (χ0n) is 11.6. The highest BCUT2D eigenvalue weighted by molar-refractivity contribution is 6.32. The summed E-state index contributed by atoms with van der Waals surface area (Å²) >= 11 is 5.92. The Balaban J connectivity index is 2.13. The van der Waals surface area contributed by atoms with E-state index in [-0.39, 0.29) is 23.1 Å². The smallest absolute Gasteiger partial charge is 0.337 e. The molecule has 0 saturated heterocycles. The lowest BCUT2D eigenvalue weighted by Gasteiger charge is -2.27. The van der Waals surface area contributed by atoms with Crippen molar-refractivity contribution < 1.29 is 19.4 Å². The van der Waals surface area contributed by atoms with E-state index in [1.165, 1.54) is 6.07 Å². The summed E-state index contributed by atoms with van der Waals surface area (Å²) < 4.78 is 5.34. The molecule has 1 amide bonds. The van der Waals surface area contributed by atoms with Crippen molar-refractivity contribution in [1.82, 2.24) is 5.32 Å². The summed E-state index contributed by atoms with van der Waals surface area (Å²) in [7, 11) is 0. The standard InChI is InChI=1S/C15H14ClNO4/c1-15(2)13-12(14(20)21-15)8(6-11(19)17-13)7-3-4-10(18)9(16)5-7/h3-5,8,18H,6H2,1-2H3,(H,17,19)/t8-/m1/s1. The van der Waals surface area contributed by atoms with Gasteiger partial charge in [-0.1, -0.05) is 17.7 Å². The number of cyclic esters (lactones) is 1. The number of amides is 1. The first-order chi connectivity index (χ1) is 9.79. The second-order valence-electron chi connectivity index (χ2n) is 5.70. The molecule has 0 aliphatic carbocycles. The van der Waals surface area contributed by atoms with Crippen molar-refractivity contribution in [2.75, 3.05) is 0 Å². The molecule has 0 aromatic heterocycles. The molecule has 0 spiro atoms. The number of rotatable bonds is 1. The minimum absolute atomic E-state index is 0.0378. The molecule has 0 saturated carbocycles. The van der Waals surface area contributed by atoms with E-state index in [1.54, 1.807) is 26.0 Å². The molecule has 1 atom stereocenters. The van der Waals surface area contributed by atoms with Crippen molar-refractivity contribution in [3.05, 3.63) is 40.1 Å². The number of carbonyl (C=O) groups excluding carboxylic acids is 2. The predicted octanol–water partition coefficient (Wildman–Crippen LogP) is 2.24. The third-order valence-electron chi connectivity index (χ3n) is 3.82. The fourth-order valence-corrected chi connectivity index (χ4v) is 2.99. The summed E-state index contributed by atoms with van der Waals surface area (Å²) in [5.41, 5.74) is 0.829. The van der Waals surface area contributed by atoms with E-state index in [4.69, 9.17) is 16.3 Å². The Morgan fingerprint density at radius 1 is 1.38 bits per heavy atom. The van der Waals surface area contributed by atoms with Gasteiger partial charge in [0.25, 0.3) is 0 Å². The van der Waals surface area contributed by atoms with Gasteiger partial charge in [-0.05, 0) is 31.5 Å². The van der Waals surface area contributed by atoms with Gasteiger partial charge >= 0.3 is 5.97 Å². The molecule has 0 bridgehead atoms. The van der Waals surface area contributed by atoms with Crippen LogP contribution in [0, 0.1) is 0 Å². The zero-order chi connectivity index (χ0) is 15.4. The van der Waals surface area contributed by atoms with Crippen LogP contribution in [0.25, 0.3) is 0 Å². The Bertz CT molecular complexity index is 693. The summed E-state index contributed by atoms with van der Waals surface area (Å²) in [6, 6.07) is 4.69. The Kier molecular flexibility index (Phi) is 2.99. The first kappa shape index (κ1) is 13.9. The van der Waals surface area contributed by atoms with Crippen LogP contribution >= 0.6 is 11.6 Å². The van der Waals surface area contributed by atoms with Gasteiger partial charge in [0.15, 0.2) is 0 Å². The highest BCUT2D eigenvalue weighted by Gasteiger charge is 2.47. The predicted molar refractivity (Wildman–Crippen MR) is 75.8 cm³/mol. The molecule has 2 aliphatic rings. The van der Waals surface area contributed by atoms with Crippen LogP contribution in [0.2, 0.25) is 5.02 Å². The highest BCUT2D eigenvalue weighted by Crippen LogP contribution is 2.43. The zero-order valence-corrected chi connectivity index (χ0v) is 12.3. The second-order valence-corrected chi connectivity index (χ2v) is 6.11. The number of nitrogens with one attached hydrogen (secondary N) is 1. The topological polar surface area (TPSA) is 75.6 Å². The first-order valence-corrected chi connectivity index (χ1v) is 6.93. The first-order valence-electron chi connectivity index (χ1n) is 6.56. The van der Waals surface area contributed by atoms with Crippen LogP contribution in [0.1, 0.15) is 31.7 Å². The van der Waals surface area contributed by atoms with Gasteiger partial charge in [-0.3, -0.25) is 4.79 Å². The Labute approximate surface area is 126 Å². The fraction of sp³-hybridized carbons (Fsp3) is 0.333. The van der Waals surface area contributed by atoms with E-state index >= 15 is 0 Å². The number of halogens is 1. The summed E-state index contributed by atoms with van der Waals surface area (Å²) in [6.07, 6.45) is 0.144. The Morgan fingerprint density at radius 2 is 2.10 bits per heavy atom. The van der Waals surface area contributed by atoms with Crippen molar-refractivity contribution >= 4 is 23.5 Å². The minimum atomic E-state index is -0.846. The Morgan fingerprint density at radius 3 is 2.76 bits per heavy atom. The van der Waals surface area contributed by atoms with E-state index in [1.807, 2.05) is 0 Å². The SMILES string of the molecule is CC1(C)OC(=O)C2=C1NC(=O)C[C@@H]2c1ccc(O)c(Cl)c1. The lowest BCUT2D eigenvalue weighted by atomic mass is 9.83.